The summed E-state index contributed by atoms with van der Waals surface area (Å²) in [7, 11) is 0. The van der Waals surface area contributed by atoms with Crippen LogP contribution in [0.15, 0.2) is 121 Å². The number of hydrogen-bond acceptors (Lipinski definition) is 6. The largest absolute Gasteiger partial charge is 0.457 e. The minimum atomic E-state index is -0.275. The van der Waals surface area contributed by atoms with Gasteiger partial charge in [0.25, 0.3) is 0 Å². The van der Waals surface area contributed by atoms with Gasteiger partial charge in [0.05, 0.1) is 12.8 Å². The number of carbonyl (C=O) groups is 2. The van der Waals surface area contributed by atoms with E-state index in [1.807, 2.05) is 121 Å². The lowest BCUT2D eigenvalue weighted by molar-refractivity contribution is -0.150. The molecule has 228 valence electrons. The van der Waals surface area contributed by atoms with E-state index in [1.54, 1.807) is 0 Å². The van der Waals surface area contributed by atoms with E-state index in [0.29, 0.717) is 0 Å². The van der Waals surface area contributed by atoms with Crippen LogP contribution in [-0.2, 0) is 31.9 Å². The fourth-order valence-corrected chi connectivity index (χ4v) is 5.68. The molecule has 2 unspecified atom stereocenters. The molecule has 0 radical (unpaired) electrons. The second-order valence-electron chi connectivity index (χ2n) is 11.4. The van der Waals surface area contributed by atoms with Crippen molar-refractivity contribution in [3.05, 3.63) is 144 Å². The van der Waals surface area contributed by atoms with Gasteiger partial charge in [-0.25, -0.2) is 0 Å². The number of rotatable bonds is 14. The number of ether oxygens (including phenoxy) is 2. The lowest BCUT2D eigenvalue weighted by atomic mass is 10.0. The first-order valence-corrected chi connectivity index (χ1v) is 15.6. The number of hydrogen-bond donors (Lipinski definition) is 0. The third-order valence-electron chi connectivity index (χ3n) is 8.15. The van der Waals surface area contributed by atoms with Crippen LogP contribution in [0.4, 0.5) is 0 Å². The highest BCUT2D eigenvalue weighted by atomic mass is 16.5. The van der Waals surface area contributed by atoms with Crippen LogP contribution < -0.4 is 0 Å². The maximum Gasteiger partial charge on any atom is 0.310 e. The third kappa shape index (κ3) is 9.90. The van der Waals surface area contributed by atoms with Gasteiger partial charge in [-0.1, -0.05) is 121 Å². The van der Waals surface area contributed by atoms with Gasteiger partial charge in [-0.15, -0.1) is 0 Å². The van der Waals surface area contributed by atoms with Gasteiger partial charge >= 0.3 is 11.9 Å². The minimum absolute atomic E-state index is 0.202. The average Bonchev–Trinajstić information content (AvgIpc) is 3.07. The number of esters is 2. The van der Waals surface area contributed by atoms with Gasteiger partial charge in [0.15, 0.2) is 0 Å². The predicted molar refractivity (Wildman–Crippen MR) is 173 cm³/mol. The second kappa shape index (κ2) is 16.6. The van der Waals surface area contributed by atoms with E-state index in [0.717, 1.165) is 74.4 Å². The maximum absolute atomic E-state index is 12.8. The van der Waals surface area contributed by atoms with Crippen LogP contribution in [0.2, 0.25) is 0 Å². The smallest absolute Gasteiger partial charge is 0.310 e. The topological polar surface area (TPSA) is 59.1 Å². The van der Waals surface area contributed by atoms with Gasteiger partial charge in [-0.3, -0.25) is 9.59 Å². The molecule has 4 aromatic rings. The molecule has 2 atom stereocenters. The number of nitrogens with zero attached hydrogens (tertiary/aromatic N) is 2. The SMILES string of the molecule is O=C(Cc1ccccc1)OC(CCN1CCN(CCC(OC(=O)Cc2ccccc2)c2ccccc2)CC1)c1ccccc1. The fourth-order valence-electron chi connectivity index (χ4n) is 5.68. The summed E-state index contributed by atoms with van der Waals surface area (Å²) in [4.78, 5) is 30.5. The Morgan fingerprint density at radius 3 is 1.16 bits per heavy atom. The van der Waals surface area contributed by atoms with Crippen molar-refractivity contribution >= 4 is 11.9 Å². The second-order valence-corrected chi connectivity index (χ2v) is 11.4. The fraction of sp³-hybridized carbons (Fsp3) is 0.316. The van der Waals surface area contributed by atoms with E-state index >= 15 is 0 Å². The number of piperazine rings is 1. The van der Waals surface area contributed by atoms with E-state index in [1.165, 1.54) is 0 Å². The predicted octanol–water partition coefficient (Wildman–Crippen LogP) is 6.44. The first-order chi connectivity index (χ1) is 21.6. The highest BCUT2D eigenvalue weighted by Crippen LogP contribution is 2.25. The van der Waals surface area contributed by atoms with Crippen molar-refractivity contribution in [2.45, 2.75) is 37.9 Å². The average molecular weight is 591 g/mol. The zero-order chi connectivity index (χ0) is 30.4. The summed E-state index contributed by atoms with van der Waals surface area (Å²) in [6.07, 6.45) is 1.49. The molecule has 1 aliphatic heterocycles. The normalized spacial score (nSPS) is 15.3. The summed E-state index contributed by atoms with van der Waals surface area (Å²) >= 11 is 0. The molecule has 0 aliphatic carbocycles. The van der Waals surface area contributed by atoms with Crippen LogP contribution in [0, 0.1) is 0 Å². The van der Waals surface area contributed by atoms with Crippen LogP contribution in [0.25, 0.3) is 0 Å². The zero-order valence-electron chi connectivity index (χ0n) is 25.3. The maximum atomic E-state index is 12.8. The molecule has 0 N–H and O–H groups in total. The molecule has 1 heterocycles. The first-order valence-electron chi connectivity index (χ1n) is 15.6. The van der Waals surface area contributed by atoms with Gasteiger partial charge in [0, 0.05) is 52.1 Å². The molecular weight excluding hydrogens is 548 g/mol. The number of carbonyl (C=O) groups excluding carboxylic acids is 2. The Balaban J connectivity index is 1.10. The van der Waals surface area contributed by atoms with Gasteiger partial charge in [0.1, 0.15) is 12.2 Å². The standard InChI is InChI=1S/C38H42N2O4/c41-37(29-31-13-5-1-6-14-31)43-35(33-17-9-3-10-18-33)21-23-39-25-27-40(28-26-39)24-22-36(34-19-11-4-12-20-34)44-38(42)30-32-15-7-2-8-16-32/h1-20,35-36H,21-30H2. The van der Waals surface area contributed by atoms with Gasteiger partial charge in [0.2, 0.25) is 0 Å². The van der Waals surface area contributed by atoms with Crippen LogP contribution in [0.5, 0.6) is 0 Å². The van der Waals surface area contributed by atoms with E-state index < -0.39 is 0 Å². The van der Waals surface area contributed by atoms with E-state index in [9.17, 15) is 9.59 Å². The van der Waals surface area contributed by atoms with Crippen molar-refractivity contribution in [1.29, 1.82) is 0 Å². The van der Waals surface area contributed by atoms with Crippen LogP contribution in [0.1, 0.15) is 47.3 Å². The molecule has 0 saturated carbocycles. The van der Waals surface area contributed by atoms with Crippen molar-refractivity contribution in [3.63, 3.8) is 0 Å². The third-order valence-corrected chi connectivity index (χ3v) is 8.15. The summed E-state index contributed by atoms with van der Waals surface area (Å²) in [6.45, 7) is 5.50. The van der Waals surface area contributed by atoms with Gasteiger partial charge in [-0.05, 0) is 22.3 Å². The quantitative estimate of drug-likeness (QED) is 0.158. The number of benzene rings is 4. The van der Waals surface area contributed by atoms with E-state index in [-0.39, 0.29) is 37.0 Å². The molecule has 0 bridgehead atoms. The molecule has 0 aromatic heterocycles. The molecule has 5 rings (SSSR count). The lowest BCUT2D eigenvalue weighted by Gasteiger charge is -2.36. The lowest BCUT2D eigenvalue weighted by Crippen LogP contribution is -2.47. The summed E-state index contributed by atoms with van der Waals surface area (Å²) in [5.41, 5.74) is 3.98. The zero-order valence-corrected chi connectivity index (χ0v) is 25.3. The Morgan fingerprint density at radius 1 is 0.500 bits per heavy atom. The molecule has 1 fully saturated rings. The van der Waals surface area contributed by atoms with Crippen molar-refractivity contribution in [3.8, 4) is 0 Å². The molecule has 6 heteroatoms. The van der Waals surface area contributed by atoms with Gasteiger partial charge in [-0.2, -0.15) is 0 Å². The van der Waals surface area contributed by atoms with E-state index in [4.69, 9.17) is 9.47 Å². The Bertz CT molecular complexity index is 1300. The summed E-state index contributed by atoms with van der Waals surface area (Å²) in [6, 6.07) is 39.6. The summed E-state index contributed by atoms with van der Waals surface area (Å²) in [5.74, 6) is -0.403. The van der Waals surface area contributed by atoms with Crippen molar-refractivity contribution < 1.29 is 19.1 Å². The van der Waals surface area contributed by atoms with Crippen LogP contribution >= 0.6 is 0 Å². The molecule has 1 saturated heterocycles. The molecule has 0 spiro atoms. The first kappa shape index (κ1) is 31.2. The van der Waals surface area contributed by atoms with Crippen LogP contribution in [0.3, 0.4) is 0 Å². The Labute approximate surface area is 261 Å². The Morgan fingerprint density at radius 2 is 0.818 bits per heavy atom. The molecular formula is C38H42N2O4. The van der Waals surface area contributed by atoms with Crippen molar-refractivity contribution in [1.82, 2.24) is 9.80 Å². The highest BCUT2D eigenvalue weighted by molar-refractivity contribution is 5.73. The van der Waals surface area contributed by atoms with Crippen LogP contribution in [-0.4, -0.2) is 61.0 Å². The van der Waals surface area contributed by atoms with Crippen molar-refractivity contribution in [2.24, 2.45) is 0 Å². The summed E-state index contributed by atoms with van der Waals surface area (Å²) in [5, 5.41) is 0. The Kier molecular flexibility index (Phi) is 11.7. The summed E-state index contributed by atoms with van der Waals surface area (Å²) < 4.78 is 12.0. The highest BCUT2D eigenvalue weighted by Gasteiger charge is 2.23. The van der Waals surface area contributed by atoms with E-state index in [2.05, 4.69) is 9.80 Å². The molecule has 44 heavy (non-hydrogen) atoms. The van der Waals surface area contributed by atoms with Gasteiger partial charge < -0.3 is 19.3 Å². The molecule has 4 aromatic carbocycles. The van der Waals surface area contributed by atoms with Crippen molar-refractivity contribution in [2.75, 3.05) is 39.3 Å². The molecule has 0 amide bonds. The molecule has 6 nitrogen and oxygen atoms in total. The minimum Gasteiger partial charge on any atom is -0.457 e. The molecule has 1 aliphatic rings. The Hall–Kier alpha value is -4.26. The monoisotopic (exact) mass is 590 g/mol.